The Morgan fingerprint density at radius 1 is 0.970 bits per heavy atom. The van der Waals surface area contributed by atoms with Crippen molar-refractivity contribution in [1.82, 2.24) is 9.80 Å². The lowest BCUT2D eigenvalue weighted by Crippen LogP contribution is -2.60. The van der Waals surface area contributed by atoms with Crippen LogP contribution in [0.1, 0.15) is 33.6 Å². The molecule has 0 bridgehead atoms. The van der Waals surface area contributed by atoms with Gasteiger partial charge in [-0.3, -0.25) is 9.45 Å². The van der Waals surface area contributed by atoms with Gasteiger partial charge in [-0.15, -0.1) is 0 Å². The summed E-state index contributed by atoms with van der Waals surface area (Å²) in [6, 6.07) is 16.6. The Balaban J connectivity index is 1.69. The van der Waals surface area contributed by atoms with Gasteiger partial charge in [0.25, 0.3) is 10.1 Å². The van der Waals surface area contributed by atoms with Crippen LogP contribution in [0.3, 0.4) is 0 Å². The molecule has 3 unspecified atom stereocenters. The highest BCUT2D eigenvalue weighted by atomic mass is 32.2. The fourth-order valence-corrected chi connectivity index (χ4v) is 7.16. The number of nitrogens with zero attached hydrogens (tertiary/aromatic N) is 3. The van der Waals surface area contributed by atoms with E-state index in [2.05, 4.69) is 54.0 Å². The van der Waals surface area contributed by atoms with Crippen LogP contribution in [0, 0.1) is 0 Å². The van der Waals surface area contributed by atoms with Gasteiger partial charge in [0.05, 0.1) is 11.4 Å². The van der Waals surface area contributed by atoms with Gasteiger partial charge < -0.3 is 9.80 Å². The number of rotatable bonds is 8. The van der Waals surface area contributed by atoms with E-state index in [0.717, 1.165) is 27.6 Å². The van der Waals surface area contributed by atoms with Crippen molar-refractivity contribution < 1.29 is 13.0 Å². The molecule has 178 valence electrons. The van der Waals surface area contributed by atoms with Crippen LogP contribution >= 0.6 is 11.8 Å². The normalized spacial score (nSPS) is 21.6. The molecular weight excluding hydrogens is 454 g/mol. The summed E-state index contributed by atoms with van der Waals surface area (Å²) in [6.45, 7) is 8.06. The van der Waals surface area contributed by atoms with Crippen molar-refractivity contribution in [3.8, 4) is 0 Å². The van der Waals surface area contributed by atoms with Crippen LogP contribution in [0.15, 0.2) is 70.6 Å². The number of benzene rings is 2. The first-order valence-electron chi connectivity index (χ1n) is 11.7. The first-order valence-corrected chi connectivity index (χ1v) is 14.0. The summed E-state index contributed by atoms with van der Waals surface area (Å²) in [6.07, 6.45) is 4.94. The number of hydrogen-bond donors (Lipinski definition) is 1. The second-order valence-electron chi connectivity index (χ2n) is 8.42. The zero-order valence-electron chi connectivity index (χ0n) is 19.5. The van der Waals surface area contributed by atoms with Gasteiger partial charge in [0.2, 0.25) is 0 Å². The Labute approximate surface area is 202 Å². The Morgan fingerprint density at radius 2 is 1.58 bits per heavy atom. The predicted molar refractivity (Wildman–Crippen MR) is 136 cm³/mol. The molecule has 0 fully saturated rings. The van der Waals surface area contributed by atoms with Gasteiger partial charge in [0, 0.05) is 28.9 Å². The highest BCUT2D eigenvalue weighted by Crippen LogP contribution is 2.48. The summed E-state index contributed by atoms with van der Waals surface area (Å²) in [4.78, 5) is 8.74. The van der Waals surface area contributed by atoms with E-state index in [0.29, 0.717) is 26.1 Å². The first kappa shape index (κ1) is 24.1. The Morgan fingerprint density at radius 3 is 2.09 bits per heavy atom. The zero-order chi connectivity index (χ0) is 23.6. The smallest absolute Gasteiger partial charge is 0.271 e. The molecule has 2 aliphatic heterocycles. The van der Waals surface area contributed by atoms with Crippen LogP contribution in [-0.2, 0) is 10.1 Å². The molecule has 1 N–H and O–H groups in total. The third-order valence-electron chi connectivity index (χ3n) is 6.64. The molecule has 0 amide bonds. The molecule has 8 heteroatoms. The van der Waals surface area contributed by atoms with E-state index in [4.69, 9.17) is 0 Å². The van der Waals surface area contributed by atoms with E-state index in [-0.39, 0.29) is 6.04 Å². The fourth-order valence-electron chi connectivity index (χ4n) is 5.04. The van der Waals surface area contributed by atoms with Crippen molar-refractivity contribution in [2.45, 2.75) is 60.9 Å². The maximum atomic E-state index is 12.8. The largest absolute Gasteiger partial charge is 0.361 e. The zero-order valence-corrected chi connectivity index (χ0v) is 21.1. The number of anilines is 2. The molecule has 2 aliphatic rings. The molecule has 6 nitrogen and oxygen atoms in total. The third kappa shape index (κ3) is 4.80. The molecule has 0 aromatic heterocycles. The maximum Gasteiger partial charge on any atom is 0.271 e. The van der Waals surface area contributed by atoms with E-state index in [1.165, 1.54) is 0 Å². The molecule has 2 heterocycles. The van der Waals surface area contributed by atoms with Gasteiger partial charge in [-0.05, 0) is 56.8 Å². The quantitative estimate of drug-likeness (QED) is 0.513. The Kier molecular flexibility index (Phi) is 7.38. The van der Waals surface area contributed by atoms with Crippen molar-refractivity contribution in [3.05, 3.63) is 60.8 Å². The highest BCUT2D eigenvalue weighted by molar-refractivity contribution is 7.99. The lowest BCUT2D eigenvalue weighted by atomic mass is 10.0. The summed E-state index contributed by atoms with van der Waals surface area (Å²) >= 11 is 1.73. The van der Waals surface area contributed by atoms with Gasteiger partial charge in [-0.25, -0.2) is 0 Å². The number of para-hydroxylation sites is 2. The summed E-state index contributed by atoms with van der Waals surface area (Å²) in [5, 5.41) is -0.926. The van der Waals surface area contributed by atoms with Crippen molar-refractivity contribution in [3.63, 3.8) is 0 Å². The van der Waals surface area contributed by atoms with Crippen molar-refractivity contribution in [1.29, 1.82) is 0 Å². The van der Waals surface area contributed by atoms with Crippen LogP contribution in [0.4, 0.5) is 11.4 Å². The van der Waals surface area contributed by atoms with E-state index in [9.17, 15) is 13.0 Å². The average molecular weight is 488 g/mol. The molecule has 2 aromatic rings. The molecule has 0 saturated carbocycles. The lowest BCUT2D eigenvalue weighted by Gasteiger charge is -2.48. The topological polar surface area (TPSA) is 64.1 Å². The van der Waals surface area contributed by atoms with Crippen molar-refractivity contribution >= 4 is 33.3 Å². The van der Waals surface area contributed by atoms with E-state index < -0.39 is 21.5 Å². The minimum atomic E-state index is -4.29. The molecule has 4 rings (SSSR count). The van der Waals surface area contributed by atoms with Crippen molar-refractivity contribution in [2.24, 2.45) is 0 Å². The van der Waals surface area contributed by atoms with Crippen LogP contribution in [0.5, 0.6) is 0 Å². The van der Waals surface area contributed by atoms with Gasteiger partial charge in [-0.1, -0.05) is 56.0 Å². The number of hydrogen-bond acceptors (Lipinski definition) is 6. The fraction of sp³-hybridized carbons (Fsp3) is 0.440. The highest BCUT2D eigenvalue weighted by Gasteiger charge is 2.42. The minimum absolute atomic E-state index is 0.153. The molecule has 33 heavy (non-hydrogen) atoms. The summed E-state index contributed by atoms with van der Waals surface area (Å²) < 4.78 is 35.9. The molecule has 0 radical (unpaired) electrons. The second kappa shape index (κ2) is 10.1. The van der Waals surface area contributed by atoms with Crippen LogP contribution in [0.25, 0.3) is 0 Å². The minimum Gasteiger partial charge on any atom is -0.361 e. The Hall–Kier alpha value is -2.00. The van der Waals surface area contributed by atoms with Gasteiger partial charge in [0.1, 0.15) is 11.4 Å². The standard InChI is InChI=1S/C25H33N3O3S2/c1-4-19-15-17-26(5-2)25(27(19)6-3)24(33(29,30)31)16-18-28-20-11-7-9-13-22(20)32-23-14-10-8-12-21(23)28/h7-15,17,19,24-25H,4-6,16,18H2,1-3H3,(H,29,30,31). The molecule has 3 atom stereocenters. The van der Waals surface area contributed by atoms with E-state index in [1.54, 1.807) is 11.8 Å². The Bertz CT molecular complexity index is 1060. The van der Waals surface area contributed by atoms with Crippen molar-refractivity contribution in [2.75, 3.05) is 24.5 Å². The molecule has 0 aliphatic carbocycles. The van der Waals surface area contributed by atoms with Gasteiger partial charge in [0.15, 0.2) is 0 Å². The molecule has 0 saturated heterocycles. The summed E-state index contributed by atoms with van der Waals surface area (Å²) in [5.41, 5.74) is 2.15. The summed E-state index contributed by atoms with van der Waals surface area (Å²) in [7, 11) is -4.29. The maximum absolute atomic E-state index is 12.8. The second-order valence-corrected chi connectivity index (χ2v) is 11.1. The lowest BCUT2D eigenvalue weighted by molar-refractivity contribution is 0.0378. The summed E-state index contributed by atoms with van der Waals surface area (Å²) in [5.74, 6) is 0. The SMILES string of the molecule is CCC1C=CN(CC)C(C(CCN2c3ccccc3Sc3ccccc32)S(=O)(=O)O)N1CC. The van der Waals surface area contributed by atoms with Crippen LogP contribution < -0.4 is 4.90 Å². The number of fused-ring (bicyclic) bond motifs is 2. The monoisotopic (exact) mass is 487 g/mol. The van der Waals surface area contributed by atoms with E-state index in [1.807, 2.05) is 42.3 Å². The molecular formula is C25H33N3O3S2. The average Bonchev–Trinajstić information content (AvgIpc) is 2.82. The van der Waals surface area contributed by atoms with Gasteiger partial charge >= 0.3 is 0 Å². The van der Waals surface area contributed by atoms with Gasteiger partial charge in [-0.2, -0.15) is 8.42 Å². The van der Waals surface area contributed by atoms with Crippen LogP contribution in [0.2, 0.25) is 0 Å². The predicted octanol–water partition coefficient (Wildman–Crippen LogP) is 5.21. The van der Waals surface area contributed by atoms with E-state index >= 15 is 0 Å². The number of likely N-dealkylation sites (N-methyl/N-ethyl adjacent to an activating group) is 1. The third-order valence-corrected chi connectivity index (χ3v) is 9.01. The first-order chi connectivity index (χ1) is 15.9. The molecule has 0 spiro atoms. The molecule has 2 aromatic carbocycles. The van der Waals surface area contributed by atoms with Crippen LogP contribution in [-0.4, -0.2) is 59.9 Å².